The Morgan fingerprint density at radius 2 is 1.46 bits per heavy atom. The molecule has 3 aromatic carbocycles. The molecule has 0 aliphatic carbocycles. The Morgan fingerprint density at radius 1 is 0.829 bits per heavy atom. The first kappa shape index (κ1) is 23.6. The smallest absolute Gasteiger partial charge is 0.324 e. The van der Waals surface area contributed by atoms with Crippen LogP contribution in [0.1, 0.15) is 15.9 Å². The third kappa shape index (κ3) is 5.86. The summed E-state index contributed by atoms with van der Waals surface area (Å²) in [6.07, 6.45) is 0. The molecule has 0 fully saturated rings. The number of pyridine rings is 1. The molecule has 178 valence electrons. The van der Waals surface area contributed by atoms with Crippen molar-refractivity contribution in [2.45, 2.75) is 6.54 Å². The van der Waals surface area contributed by atoms with E-state index in [2.05, 4.69) is 15.6 Å². The largest absolute Gasteiger partial charge is 0.497 e. The van der Waals surface area contributed by atoms with Gasteiger partial charge in [0.25, 0.3) is 5.91 Å². The van der Waals surface area contributed by atoms with Gasteiger partial charge in [-0.1, -0.05) is 18.2 Å². The average Bonchev–Trinajstić information content (AvgIpc) is 2.88. The molecule has 3 amide bonds. The topological polar surface area (TPSA) is 92.8 Å². The van der Waals surface area contributed by atoms with Gasteiger partial charge < -0.3 is 19.7 Å². The number of urea groups is 1. The summed E-state index contributed by atoms with van der Waals surface area (Å²) >= 11 is 0. The fourth-order valence-electron chi connectivity index (χ4n) is 3.57. The molecule has 35 heavy (non-hydrogen) atoms. The molecule has 0 saturated carbocycles. The zero-order valence-electron chi connectivity index (χ0n) is 19.7. The quantitative estimate of drug-likeness (QED) is 0.389. The van der Waals surface area contributed by atoms with Gasteiger partial charge in [0.05, 0.1) is 19.7 Å². The van der Waals surface area contributed by atoms with Gasteiger partial charge in [-0.15, -0.1) is 0 Å². The molecule has 8 nitrogen and oxygen atoms in total. The summed E-state index contributed by atoms with van der Waals surface area (Å²) in [5, 5.41) is 6.34. The first-order valence-electron chi connectivity index (χ1n) is 11.0. The van der Waals surface area contributed by atoms with Gasteiger partial charge in [0, 0.05) is 30.2 Å². The number of hydrogen-bond donors (Lipinski definition) is 2. The summed E-state index contributed by atoms with van der Waals surface area (Å²) in [5.74, 6) is 1.72. The van der Waals surface area contributed by atoms with Crippen LogP contribution in [0, 0.1) is 0 Å². The SMILES string of the molecule is COc1ccc(CN(C)C(=O)c2ccc3ccc(NC(=O)Nc4ccc(OC)cc4)nc3c2)cc1. The summed E-state index contributed by atoms with van der Waals surface area (Å²) in [5.41, 5.74) is 2.74. The lowest BCUT2D eigenvalue weighted by Gasteiger charge is -2.18. The van der Waals surface area contributed by atoms with Crippen molar-refractivity contribution >= 4 is 34.3 Å². The monoisotopic (exact) mass is 470 g/mol. The van der Waals surface area contributed by atoms with Crippen molar-refractivity contribution in [3.8, 4) is 11.5 Å². The van der Waals surface area contributed by atoms with Gasteiger partial charge in [-0.3, -0.25) is 10.1 Å². The predicted molar refractivity (Wildman–Crippen MR) is 136 cm³/mol. The molecule has 0 aliphatic rings. The Balaban J connectivity index is 1.44. The molecular formula is C27H26N4O4. The van der Waals surface area contributed by atoms with E-state index in [0.29, 0.717) is 34.9 Å². The number of carbonyl (C=O) groups is 2. The molecule has 1 aromatic heterocycles. The molecule has 8 heteroatoms. The molecule has 0 bridgehead atoms. The summed E-state index contributed by atoms with van der Waals surface area (Å²) in [7, 11) is 4.96. The highest BCUT2D eigenvalue weighted by Crippen LogP contribution is 2.20. The van der Waals surface area contributed by atoms with Crippen molar-refractivity contribution in [2.75, 3.05) is 31.9 Å². The van der Waals surface area contributed by atoms with Crippen molar-refractivity contribution < 1.29 is 19.1 Å². The molecule has 0 saturated heterocycles. The van der Waals surface area contributed by atoms with Gasteiger partial charge in [0.1, 0.15) is 17.3 Å². The van der Waals surface area contributed by atoms with Gasteiger partial charge in [-0.2, -0.15) is 0 Å². The number of amides is 3. The highest BCUT2D eigenvalue weighted by molar-refractivity contribution is 6.01. The van der Waals surface area contributed by atoms with E-state index in [1.807, 2.05) is 36.4 Å². The second kappa shape index (κ2) is 10.6. The van der Waals surface area contributed by atoms with Crippen molar-refractivity contribution in [1.29, 1.82) is 0 Å². The van der Waals surface area contributed by atoms with Crippen LogP contribution >= 0.6 is 0 Å². The van der Waals surface area contributed by atoms with Gasteiger partial charge in [0.2, 0.25) is 0 Å². The minimum absolute atomic E-state index is 0.125. The number of fused-ring (bicyclic) bond motifs is 1. The number of aromatic nitrogens is 1. The molecule has 0 spiro atoms. The Morgan fingerprint density at radius 3 is 2.11 bits per heavy atom. The fourth-order valence-corrected chi connectivity index (χ4v) is 3.57. The standard InChI is InChI=1S/C27H26N4O4/c1-31(17-18-4-11-22(34-2)12-5-18)26(32)20-7-6-19-8-15-25(29-24(19)16-20)30-27(33)28-21-9-13-23(35-3)14-10-21/h4-16H,17H2,1-3H3,(H2,28,29,30,33). The fraction of sp³-hybridized carbons (Fsp3) is 0.148. The Labute approximate surface area is 203 Å². The van der Waals surface area contributed by atoms with E-state index in [9.17, 15) is 9.59 Å². The first-order valence-corrected chi connectivity index (χ1v) is 11.0. The minimum Gasteiger partial charge on any atom is -0.497 e. The normalized spacial score (nSPS) is 10.5. The van der Waals surface area contributed by atoms with Crippen LogP contribution in [0.3, 0.4) is 0 Å². The molecule has 4 aromatic rings. The number of hydrogen-bond acceptors (Lipinski definition) is 5. The number of benzene rings is 3. The number of ether oxygens (including phenoxy) is 2. The van der Waals surface area contributed by atoms with Crippen LogP contribution in [0.15, 0.2) is 78.9 Å². The Bertz CT molecular complexity index is 1340. The molecule has 0 radical (unpaired) electrons. The van der Waals surface area contributed by atoms with Gasteiger partial charge in [-0.25, -0.2) is 9.78 Å². The summed E-state index contributed by atoms with van der Waals surface area (Å²) in [6.45, 7) is 0.460. The van der Waals surface area contributed by atoms with Crippen molar-refractivity contribution in [3.63, 3.8) is 0 Å². The maximum atomic E-state index is 13.0. The lowest BCUT2D eigenvalue weighted by Crippen LogP contribution is -2.26. The van der Waals surface area contributed by atoms with Crippen molar-refractivity contribution in [1.82, 2.24) is 9.88 Å². The van der Waals surface area contributed by atoms with Crippen molar-refractivity contribution in [2.24, 2.45) is 0 Å². The van der Waals surface area contributed by atoms with Crippen LogP contribution in [0.2, 0.25) is 0 Å². The van der Waals surface area contributed by atoms with E-state index < -0.39 is 6.03 Å². The number of carbonyl (C=O) groups excluding carboxylic acids is 2. The van der Waals surface area contributed by atoms with E-state index >= 15 is 0 Å². The second-order valence-corrected chi connectivity index (χ2v) is 7.92. The average molecular weight is 471 g/mol. The Kier molecular flexibility index (Phi) is 7.11. The molecule has 1 heterocycles. The van der Waals surface area contributed by atoms with Crippen LogP contribution < -0.4 is 20.1 Å². The zero-order chi connectivity index (χ0) is 24.8. The van der Waals surface area contributed by atoms with E-state index in [1.54, 1.807) is 68.6 Å². The van der Waals surface area contributed by atoms with E-state index in [0.717, 1.165) is 16.7 Å². The summed E-state index contributed by atoms with van der Waals surface area (Å²) in [4.78, 5) is 31.6. The lowest BCUT2D eigenvalue weighted by molar-refractivity contribution is 0.0785. The number of methoxy groups -OCH3 is 2. The van der Waals surface area contributed by atoms with Crippen LogP contribution in [-0.4, -0.2) is 43.1 Å². The molecule has 4 rings (SSSR count). The molecule has 0 unspecified atom stereocenters. The van der Waals surface area contributed by atoms with E-state index in [4.69, 9.17) is 9.47 Å². The van der Waals surface area contributed by atoms with Crippen LogP contribution in [-0.2, 0) is 6.54 Å². The third-order valence-electron chi connectivity index (χ3n) is 5.45. The maximum Gasteiger partial charge on any atom is 0.324 e. The van der Waals surface area contributed by atoms with Crippen LogP contribution in [0.25, 0.3) is 10.9 Å². The molecule has 0 aliphatic heterocycles. The number of anilines is 2. The molecular weight excluding hydrogens is 444 g/mol. The highest BCUT2D eigenvalue weighted by Gasteiger charge is 2.14. The zero-order valence-corrected chi connectivity index (χ0v) is 19.7. The Hall–Kier alpha value is -4.59. The molecule has 0 atom stereocenters. The number of rotatable bonds is 7. The number of nitrogens with zero attached hydrogens (tertiary/aromatic N) is 2. The predicted octanol–water partition coefficient (Wildman–Crippen LogP) is 5.17. The summed E-state index contributed by atoms with van der Waals surface area (Å²) in [6, 6.07) is 23.1. The first-order chi connectivity index (χ1) is 16.9. The van der Waals surface area contributed by atoms with Gasteiger partial charge in [0.15, 0.2) is 0 Å². The molecule has 2 N–H and O–H groups in total. The lowest BCUT2D eigenvalue weighted by atomic mass is 10.1. The van der Waals surface area contributed by atoms with Crippen LogP contribution in [0.4, 0.5) is 16.3 Å². The van der Waals surface area contributed by atoms with E-state index in [1.165, 1.54) is 0 Å². The number of nitrogens with one attached hydrogen (secondary N) is 2. The van der Waals surface area contributed by atoms with Gasteiger partial charge >= 0.3 is 6.03 Å². The van der Waals surface area contributed by atoms with Gasteiger partial charge in [-0.05, 0) is 66.2 Å². The summed E-state index contributed by atoms with van der Waals surface area (Å²) < 4.78 is 10.3. The van der Waals surface area contributed by atoms with E-state index in [-0.39, 0.29) is 5.91 Å². The van der Waals surface area contributed by atoms with Crippen LogP contribution in [0.5, 0.6) is 11.5 Å². The highest BCUT2D eigenvalue weighted by atomic mass is 16.5. The van der Waals surface area contributed by atoms with Crippen molar-refractivity contribution in [3.05, 3.63) is 90.0 Å². The second-order valence-electron chi connectivity index (χ2n) is 7.92. The third-order valence-corrected chi connectivity index (χ3v) is 5.45. The maximum absolute atomic E-state index is 13.0. The minimum atomic E-state index is -0.423.